The smallest absolute Gasteiger partial charge is 0.272 e. The van der Waals surface area contributed by atoms with Crippen molar-refractivity contribution >= 4 is 46.0 Å². The van der Waals surface area contributed by atoms with Crippen LogP contribution in [-0.2, 0) is 4.79 Å². The van der Waals surface area contributed by atoms with E-state index in [1.54, 1.807) is 25.1 Å². The molecule has 0 aromatic heterocycles. The first-order chi connectivity index (χ1) is 8.47. The summed E-state index contributed by atoms with van der Waals surface area (Å²) < 4.78 is 0.396. The van der Waals surface area contributed by atoms with E-state index in [4.69, 9.17) is 12.2 Å². The molecular weight excluding hydrogens is 272 g/mol. The number of thioether (sulfide) groups is 1. The van der Waals surface area contributed by atoms with Gasteiger partial charge < -0.3 is 5.32 Å². The normalized spacial score (nSPS) is 17.1. The molecule has 0 saturated carbocycles. The summed E-state index contributed by atoms with van der Waals surface area (Å²) in [5.41, 5.74) is 1.23. The fraction of sp³-hybridized carbons (Fsp3) is 0.0909. The summed E-state index contributed by atoms with van der Waals surface area (Å²) in [5, 5.41) is 13.3. The maximum absolute atomic E-state index is 11.5. The van der Waals surface area contributed by atoms with E-state index in [1.807, 2.05) is 0 Å². The number of rotatable bonds is 2. The average molecular weight is 280 g/mol. The number of nitrogens with zero attached hydrogens (tertiary/aromatic N) is 1. The molecule has 92 valence electrons. The van der Waals surface area contributed by atoms with Crippen molar-refractivity contribution in [3.05, 3.63) is 44.3 Å². The molecule has 0 unspecified atom stereocenters. The summed E-state index contributed by atoms with van der Waals surface area (Å²) in [6.07, 6.45) is 1.59. The summed E-state index contributed by atoms with van der Waals surface area (Å²) >= 11 is 6.01. The quantitative estimate of drug-likeness (QED) is 0.390. The number of thiocarbonyl (C=S) groups is 1. The second-order valence-electron chi connectivity index (χ2n) is 3.66. The van der Waals surface area contributed by atoms with Gasteiger partial charge in [0.05, 0.1) is 9.83 Å². The van der Waals surface area contributed by atoms with Crippen LogP contribution in [0.5, 0.6) is 0 Å². The van der Waals surface area contributed by atoms with Crippen molar-refractivity contribution in [1.29, 1.82) is 0 Å². The van der Waals surface area contributed by atoms with Crippen LogP contribution in [0.25, 0.3) is 6.08 Å². The monoisotopic (exact) mass is 280 g/mol. The second kappa shape index (κ2) is 4.87. The van der Waals surface area contributed by atoms with E-state index in [2.05, 4.69) is 5.32 Å². The van der Waals surface area contributed by atoms with Gasteiger partial charge in [-0.15, -0.1) is 0 Å². The van der Waals surface area contributed by atoms with Gasteiger partial charge in [-0.25, -0.2) is 0 Å². The van der Waals surface area contributed by atoms with E-state index in [0.29, 0.717) is 20.4 Å². The number of carbonyl (C=O) groups is 1. The molecule has 1 aliphatic rings. The third-order valence-electron chi connectivity index (χ3n) is 2.37. The lowest BCUT2D eigenvalue weighted by Gasteiger charge is -1.99. The molecule has 1 N–H and O–H groups in total. The van der Waals surface area contributed by atoms with E-state index in [1.165, 1.54) is 6.07 Å². The Labute approximate surface area is 112 Å². The number of hydrogen-bond donors (Lipinski definition) is 1. The predicted octanol–water partition coefficient (Wildman–Crippen LogP) is 2.39. The molecule has 1 saturated heterocycles. The van der Waals surface area contributed by atoms with Crippen LogP contribution in [0.15, 0.2) is 23.1 Å². The molecule has 18 heavy (non-hydrogen) atoms. The third kappa shape index (κ3) is 2.57. The van der Waals surface area contributed by atoms with Gasteiger partial charge in [0.2, 0.25) is 0 Å². The molecule has 2 rings (SSSR count). The summed E-state index contributed by atoms with van der Waals surface area (Å²) in [6.45, 7) is 1.67. The van der Waals surface area contributed by atoms with Crippen molar-refractivity contribution in [2.75, 3.05) is 0 Å². The van der Waals surface area contributed by atoms with Crippen LogP contribution in [0, 0.1) is 17.0 Å². The Balaban J connectivity index is 2.38. The van der Waals surface area contributed by atoms with E-state index in [-0.39, 0.29) is 11.6 Å². The molecule has 1 fully saturated rings. The Morgan fingerprint density at radius 1 is 1.50 bits per heavy atom. The van der Waals surface area contributed by atoms with Crippen molar-refractivity contribution in [2.45, 2.75) is 6.92 Å². The summed E-state index contributed by atoms with van der Waals surface area (Å²) in [6, 6.07) is 4.82. The zero-order valence-corrected chi connectivity index (χ0v) is 10.9. The van der Waals surface area contributed by atoms with Crippen LogP contribution >= 0.6 is 24.0 Å². The number of nitrogens with one attached hydrogen (secondary N) is 1. The Hall–Kier alpha value is -1.73. The largest absolute Gasteiger partial charge is 0.307 e. The molecule has 0 radical (unpaired) electrons. The van der Waals surface area contributed by atoms with E-state index in [0.717, 1.165) is 11.8 Å². The van der Waals surface area contributed by atoms with Gasteiger partial charge in [-0.05, 0) is 18.6 Å². The predicted molar refractivity (Wildman–Crippen MR) is 74.1 cm³/mol. The standard InChI is InChI=1S/C11H8N2O3S2/c1-6-2-3-7(4-8(6)13(15)16)5-9-10(14)12-11(17)18-9/h2-5H,1H3,(H,12,14,17). The minimum Gasteiger partial charge on any atom is -0.307 e. The molecule has 7 heteroatoms. The van der Waals surface area contributed by atoms with Crippen LogP contribution in [0.2, 0.25) is 0 Å². The molecule has 1 heterocycles. The van der Waals surface area contributed by atoms with E-state index < -0.39 is 4.92 Å². The van der Waals surface area contributed by atoms with Crippen molar-refractivity contribution < 1.29 is 9.72 Å². The molecule has 0 aliphatic carbocycles. The maximum Gasteiger partial charge on any atom is 0.272 e. The highest BCUT2D eigenvalue weighted by Crippen LogP contribution is 2.27. The van der Waals surface area contributed by atoms with Crippen molar-refractivity contribution in [1.82, 2.24) is 5.32 Å². The lowest BCUT2D eigenvalue weighted by atomic mass is 10.1. The van der Waals surface area contributed by atoms with Crippen molar-refractivity contribution in [2.24, 2.45) is 0 Å². The summed E-state index contributed by atoms with van der Waals surface area (Å²) in [5.74, 6) is -0.270. The Kier molecular flexibility index (Phi) is 3.44. The SMILES string of the molecule is Cc1ccc(C=C2SC(=S)NC2=O)cc1[N+](=O)[O-]. The van der Waals surface area contributed by atoms with Crippen LogP contribution < -0.4 is 5.32 Å². The Morgan fingerprint density at radius 2 is 2.22 bits per heavy atom. The fourth-order valence-electron chi connectivity index (χ4n) is 1.49. The molecule has 0 bridgehead atoms. The van der Waals surface area contributed by atoms with Gasteiger partial charge in [0.25, 0.3) is 11.6 Å². The minimum absolute atomic E-state index is 0.0373. The average Bonchev–Trinajstić information content (AvgIpc) is 2.60. The van der Waals surface area contributed by atoms with Crippen molar-refractivity contribution in [3.63, 3.8) is 0 Å². The van der Waals surface area contributed by atoms with Crippen LogP contribution in [0.1, 0.15) is 11.1 Å². The third-order valence-corrected chi connectivity index (χ3v) is 3.53. The maximum atomic E-state index is 11.5. The Bertz CT molecular complexity index is 596. The van der Waals surface area contributed by atoms with Crippen molar-refractivity contribution in [3.8, 4) is 0 Å². The van der Waals surface area contributed by atoms with E-state index in [9.17, 15) is 14.9 Å². The fourth-order valence-corrected chi connectivity index (χ4v) is 2.53. The van der Waals surface area contributed by atoms with Gasteiger partial charge in [0, 0.05) is 11.6 Å². The van der Waals surface area contributed by atoms with Gasteiger partial charge >= 0.3 is 0 Å². The lowest BCUT2D eigenvalue weighted by molar-refractivity contribution is -0.385. The summed E-state index contributed by atoms with van der Waals surface area (Å²) in [4.78, 5) is 22.3. The summed E-state index contributed by atoms with van der Waals surface area (Å²) in [7, 11) is 0. The first-order valence-electron chi connectivity index (χ1n) is 4.97. The second-order valence-corrected chi connectivity index (χ2v) is 5.37. The van der Waals surface area contributed by atoms with Gasteiger partial charge in [-0.1, -0.05) is 36.1 Å². The van der Waals surface area contributed by atoms with Crippen LogP contribution in [0.3, 0.4) is 0 Å². The highest BCUT2D eigenvalue weighted by Gasteiger charge is 2.22. The van der Waals surface area contributed by atoms with Gasteiger partial charge in [-0.2, -0.15) is 0 Å². The number of amides is 1. The minimum atomic E-state index is -0.441. The molecule has 1 aromatic carbocycles. The highest BCUT2D eigenvalue weighted by molar-refractivity contribution is 8.26. The van der Waals surface area contributed by atoms with Gasteiger partial charge in [-0.3, -0.25) is 14.9 Å². The van der Waals surface area contributed by atoms with Crippen LogP contribution in [-0.4, -0.2) is 15.2 Å². The molecule has 5 nitrogen and oxygen atoms in total. The Morgan fingerprint density at radius 3 is 2.78 bits per heavy atom. The lowest BCUT2D eigenvalue weighted by Crippen LogP contribution is -2.17. The van der Waals surface area contributed by atoms with Gasteiger partial charge in [0.1, 0.15) is 4.32 Å². The molecule has 1 aliphatic heterocycles. The first kappa shape index (κ1) is 12.7. The van der Waals surface area contributed by atoms with Gasteiger partial charge in [0.15, 0.2) is 0 Å². The number of hydrogen-bond acceptors (Lipinski definition) is 5. The molecule has 0 spiro atoms. The number of carbonyl (C=O) groups excluding carboxylic acids is 1. The highest BCUT2D eigenvalue weighted by atomic mass is 32.2. The molecule has 0 atom stereocenters. The zero-order chi connectivity index (χ0) is 13.3. The topological polar surface area (TPSA) is 72.2 Å². The number of nitro groups is 1. The van der Waals surface area contributed by atoms with Crippen LogP contribution in [0.4, 0.5) is 5.69 Å². The van der Waals surface area contributed by atoms with E-state index >= 15 is 0 Å². The number of nitro benzene ring substituents is 1. The molecular formula is C11H8N2O3S2. The number of benzene rings is 1. The number of aryl methyl sites for hydroxylation is 1. The first-order valence-corrected chi connectivity index (χ1v) is 6.20. The molecule has 1 aromatic rings. The zero-order valence-electron chi connectivity index (χ0n) is 9.30. The molecule has 1 amide bonds.